The van der Waals surface area contributed by atoms with Gasteiger partial charge in [-0.15, -0.1) is 0 Å². The number of carbonyl (C=O) groups excluding carboxylic acids is 2. The molecule has 5 N–H and O–H groups in total. The van der Waals surface area contributed by atoms with Crippen molar-refractivity contribution in [2.45, 2.75) is 154 Å². The molecular formula is C33H58N6O6. The fraction of sp³-hybridized carbons (Fsp3) is 0.939. The molecule has 2 aliphatic heterocycles. The predicted octanol–water partition coefficient (Wildman–Crippen LogP) is 4.18. The third kappa shape index (κ3) is 8.31. The molecule has 12 nitrogen and oxygen atoms in total. The first-order valence-electron chi connectivity index (χ1n) is 18.2. The first kappa shape index (κ1) is 33.4. The van der Waals surface area contributed by atoms with E-state index in [2.05, 4.69) is 32.1 Å². The molecule has 256 valence electrons. The van der Waals surface area contributed by atoms with E-state index in [1.807, 2.05) is 6.92 Å². The number of ether oxygens (including phenoxy) is 4. The van der Waals surface area contributed by atoms with Crippen molar-refractivity contribution in [2.75, 3.05) is 13.2 Å². The lowest BCUT2D eigenvalue weighted by Crippen LogP contribution is -2.51. The molecular weight excluding hydrogens is 576 g/mol. The van der Waals surface area contributed by atoms with Crippen molar-refractivity contribution in [1.82, 2.24) is 32.1 Å². The summed E-state index contributed by atoms with van der Waals surface area (Å²) in [5.41, 5.74) is 12.8. The maximum Gasteiger partial charge on any atom is 0.511 e. The lowest BCUT2D eigenvalue weighted by atomic mass is 9.65. The minimum absolute atomic E-state index is 0.00385. The standard InChI is InChI=1S/C33H58N6O6/c1-3-42-32-34-28-15-9-14-27(31(40)43-21(2)44-33(41)45-24-10-5-4-6-11-24)29(28)39(32)20-22-16-18-23(19-17-22)25-12-7-8-13-26(25)30-35-37-38-36-30/h21-30,32,34-38H,3-20H2,1-2H3. The highest BCUT2D eigenvalue weighted by atomic mass is 16.8. The van der Waals surface area contributed by atoms with Gasteiger partial charge < -0.3 is 18.9 Å². The Morgan fingerprint density at radius 1 is 0.800 bits per heavy atom. The Balaban J connectivity index is 1.04. The smallest absolute Gasteiger partial charge is 0.431 e. The van der Waals surface area contributed by atoms with Crippen molar-refractivity contribution < 1.29 is 28.5 Å². The van der Waals surface area contributed by atoms with Crippen LogP contribution >= 0.6 is 0 Å². The molecule has 0 spiro atoms. The van der Waals surface area contributed by atoms with Gasteiger partial charge in [0, 0.05) is 32.2 Å². The zero-order valence-corrected chi connectivity index (χ0v) is 27.5. The Hall–Kier alpha value is -1.54. The van der Waals surface area contributed by atoms with Gasteiger partial charge in [-0.2, -0.15) is 11.1 Å². The largest absolute Gasteiger partial charge is 0.511 e. The number of nitrogens with one attached hydrogen (secondary N) is 5. The molecule has 45 heavy (non-hydrogen) atoms. The van der Waals surface area contributed by atoms with E-state index in [9.17, 15) is 9.59 Å². The summed E-state index contributed by atoms with van der Waals surface area (Å²) in [6, 6.07) is 0.178. The van der Waals surface area contributed by atoms with Crippen LogP contribution in [-0.4, -0.2) is 67.2 Å². The zero-order chi connectivity index (χ0) is 31.2. The Labute approximate surface area is 269 Å². The zero-order valence-electron chi connectivity index (χ0n) is 27.5. The van der Waals surface area contributed by atoms with Crippen molar-refractivity contribution >= 4 is 12.1 Å². The van der Waals surface area contributed by atoms with Gasteiger partial charge in [-0.1, -0.05) is 25.7 Å². The number of rotatable bonds is 10. The maximum absolute atomic E-state index is 13.6. The number of hydrazine groups is 3. The van der Waals surface area contributed by atoms with Crippen LogP contribution in [0.25, 0.3) is 0 Å². The Morgan fingerprint density at radius 2 is 1.51 bits per heavy atom. The van der Waals surface area contributed by atoms with Gasteiger partial charge in [0.25, 0.3) is 0 Å². The molecule has 6 fully saturated rings. The highest BCUT2D eigenvalue weighted by Crippen LogP contribution is 2.45. The average Bonchev–Trinajstić information content (AvgIpc) is 3.71. The summed E-state index contributed by atoms with van der Waals surface area (Å²) < 4.78 is 22.8. The Kier molecular flexibility index (Phi) is 11.9. The van der Waals surface area contributed by atoms with E-state index >= 15 is 0 Å². The summed E-state index contributed by atoms with van der Waals surface area (Å²) in [4.78, 5) is 28.4. The van der Waals surface area contributed by atoms with Gasteiger partial charge in [-0.3, -0.25) is 15.0 Å². The summed E-state index contributed by atoms with van der Waals surface area (Å²) >= 11 is 0. The number of hydrogen-bond acceptors (Lipinski definition) is 12. The fourth-order valence-corrected chi connectivity index (χ4v) is 9.56. The van der Waals surface area contributed by atoms with Gasteiger partial charge >= 0.3 is 12.1 Å². The van der Waals surface area contributed by atoms with Gasteiger partial charge in [0.1, 0.15) is 6.10 Å². The molecule has 0 aromatic carbocycles. The highest BCUT2D eigenvalue weighted by molar-refractivity contribution is 5.74. The summed E-state index contributed by atoms with van der Waals surface area (Å²) in [6.45, 7) is 5.17. The molecule has 6 aliphatic rings. The summed E-state index contributed by atoms with van der Waals surface area (Å²) in [6.07, 6.45) is 16.2. The molecule has 0 amide bonds. The van der Waals surface area contributed by atoms with E-state index in [4.69, 9.17) is 18.9 Å². The molecule has 0 aromatic rings. The minimum Gasteiger partial charge on any atom is -0.431 e. The highest BCUT2D eigenvalue weighted by Gasteiger charge is 2.51. The van der Waals surface area contributed by atoms with Crippen LogP contribution in [0, 0.1) is 29.6 Å². The number of carbonyl (C=O) groups is 2. The quantitative estimate of drug-likeness (QED) is 0.174. The first-order chi connectivity index (χ1) is 22.0. The molecule has 0 bridgehead atoms. The van der Waals surface area contributed by atoms with E-state index < -0.39 is 12.4 Å². The van der Waals surface area contributed by atoms with Crippen LogP contribution in [0.3, 0.4) is 0 Å². The van der Waals surface area contributed by atoms with E-state index in [0.717, 1.165) is 63.3 Å². The van der Waals surface area contributed by atoms with Crippen LogP contribution in [0.15, 0.2) is 0 Å². The molecule has 7 unspecified atom stereocenters. The van der Waals surface area contributed by atoms with Gasteiger partial charge in [-0.25, -0.2) is 15.6 Å². The van der Waals surface area contributed by atoms with E-state index in [1.165, 1.54) is 57.8 Å². The van der Waals surface area contributed by atoms with Crippen LogP contribution in [-0.2, 0) is 23.7 Å². The fourth-order valence-electron chi connectivity index (χ4n) is 9.56. The SMILES string of the molecule is CCOC1NC2CCCC(C(=O)OC(C)OC(=O)OC3CCCCC3)C2N1CC1CCC(C2CCCCC2C2NNNN2)CC1. The lowest BCUT2D eigenvalue weighted by molar-refractivity contribution is -0.178. The van der Waals surface area contributed by atoms with E-state index in [1.54, 1.807) is 6.92 Å². The number of nitrogens with zero attached hydrogens (tertiary/aromatic N) is 1. The van der Waals surface area contributed by atoms with Gasteiger partial charge in [0.2, 0.25) is 6.29 Å². The van der Waals surface area contributed by atoms with E-state index in [-0.39, 0.29) is 42.6 Å². The molecule has 4 aliphatic carbocycles. The van der Waals surface area contributed by atoms with Crippen LogP contribution in [0.1, 0.15) is 117 Å². The lowest BCUT2D eigenvalue weighted by Gasteiger charge is -2.44. The van der Waals surface area contributed by atoms with Crippen molar-refractivity contribution in [3.63, 3.8) is 0 Å². The molecule has 7 atom stereocenters. The minimum atomic E-state index is -0.987. The molecule has 4 saturated carbocycles. The Bertz CT molecular complexity index is 956. The molecule has 6 rings (SSSR count). The number of fused-ring (bicyclic) bond motifs is 1. The van der Waals surface area contributed by atoms with E-state index in [0.29, 0.717) is 18.4 Å². The average molecular weight is 635 g/mol. The number of hydrogen-bond donors (Lipinski definition) is 5. The molecule has 2 heterocycles. The van der Waals surface area contributed by atoms with Crippen LogP contribution in [0.2, 0.25) is 0 Å². The number of esters is 1. The predicted molar refractivity (Wildman–Crippen MR) is 167 cm³/mol. The third-order valence-corrected chi connectivity index (χ3v) is 11.7. The normalized spacial score (nSPS) is 37.6. The van der Waals surface area contributed by atoms with Gasteiger partial charge in [0.15, 0.2) is 6.35 Å². The molecule has 2 saturated heterocycles. The van der Waals surface area contributed by atoms with Crippen LogP contribution in [0.4, 0.5) is 4.79 Å². The van der Waals surface area contributed by atoms with Crippen LogP contribution < -0.4 is 27.2 Å². The molecule has 12 heteroatoms. The second-order valence-electron chi connectivity index (χ2n) is 14.5. The summed E-state index contributed by atoms with van der Waals surface area (Å²) in [5.74, 6) is 2.15. The van der Waals surface area contributed by atoms with Gasteiger partial charge in [0.05, 0.1) is 12.1 Å². The van der Waals surface area contributed by atoms with Gasteiger partial charge in [-0.05, 0) is 108 Å². The van der Waals surface area contributed by atoms with Crippen molar-refractivity contribution in [3.05, 3.63) is 0 Å². The Morgan fingerprint density at radius 3 is 2.24 bits per heavy atom. The third-order valence-electron chi connectivity index (χ3n) is 11.7. The first-order valence-corrected chi connectivity index (χ1v) is 18.2. The summed E-state index contributed by atoms with van der Waals surface area (Å²) in [5, 5.41) is 3.71. The monoisotopic (exact) mass is 634 g/mol. The van der Waals surface area contributed by atoms with Crippen LogP contribution in [0.5, 0.6) is 0 Å². The van der Waals surface area contributed by atoms with Crippen molar-refractivity contribution in [3.8, 4) is 0 Å². The maximum atomic E-state index is 13.6. The molecule has 0 aromatic heterocycles. The second-order valence-corrected chi connectivity index (χ2v) is 14.5. The molecule has 0 radical (unpaired) electrons. The second kappa shape index (κ2) is 16.0. The summed E-state index contributed by atoms with van der Waals surface area (Å²) in [7, 11) is 0. The van der Waals surface area contributed by atoms with Crippen molar-refractivity contribution in [1.29, 1.82) is 0 Å². The topological polar surface area (TPSA) is 134 Å². The van der Waals surface area contributed by atoms with Crippen molar-refractivity contribution in [2.24, 2.45) is 29.6 Å².